The summed E-state index contributed by atoms with van der Waals surface area (Å²) in [6.07, 6.45) is 1.74. The van der Waals surface area contributed by atoms with E-state index in [1.54, 1.807) is 13.3 Å². The van der Waals surface area contributed by atoms with E-state index in [9.17, 15) is 0 Å². The Morgan fingerprint density at radius 3 is 2.45 bits per heavy atom. The first kappa shape index (κ1) is 12.3. The molecule has 0 bridgehead atoms. The highest BCUT2D eigenvalue weighted by Crippen LogP contribution is 2.29. The number of ether oxygens (including phenoxy) is 1. The number of hydrogen-bond donors (Lipinski definition) is 1. The van der Waals surface area contributed by atoms with Crippen LogP contribution in [0.3, 0.4) is 0 Å². The lowest BCUT2D eigenvalue weighted by Gasteiger charge is -2.08. The minimum atomic E-state index is 0.581. The summed E-state index contributed by atoms with van der Waals surface area (Å²) in [6, 6.07) is 11.8. The Morgan fingerprint density at radius 2 is 1.80 bits per heavy atom. The van der Waals surface area contributed by atoms with Gasteiger partial charge in [0.2, 0.25) is 5.88 Å². The van der Waals surface area contributed by atoms with Crippen molar-refractivity contribution in [3.63, 3.8) is 0 Å². The van der Waals surface area contributed by atoms with Gasteiger partial charge >= 0.3 is 0 Å². The lowest BCUT2D eigenvalue weighted by molar-refractivity contribution is 0.398. The third kappa shape index (κ3) is 2.03. The number of hydrogen-bond acceptors (Lipinski definition) is 5. The summed E-state index contributed by atoms with van der Waals surface area (Å²) < 4.78 is 5.07. The maximum atomic E-state index is 5.07. The Morgan fingerprint density at radius 1 is 1.00 bits per heavy atom. The number of aromatic nitrogens is 3. The van der Waals surface area contributed by atoms with Gasteiger partial charge in [-0.15, -0.1) is 10.2 Å². The van der Waals surface area contributed by atoms with Gasteiger partial charge in [0.1, 0.15) is 5.69 Å². The quantitative estimate of drug-likeness (QED) is 0.789. The van der Waals surface area contributed by atoms with Crippen molar-refractivity contribution < 1.29 is 4.74 Å². The Bertz CT molecular complexity index is 740. The van der Waals surface area contributed by atoms with E-state index in [4.69, 9.17) is 4.74 Å². The molecule has 0 spiro atoms. The normalized spacial score (nSPS) is 10.5. The largest absolute Gasteiger partial charge is 0.481 e. The molecule has 0 saturated heterocycles. The Labute approximate surface area is 116 Å². The Hall–Kier alpha value is -2.69. The van der Waals surface area contributed by atoms with Gasteiger partial charge in [0.05, 0.1) is 7.11 Å². The molecule has 0 atom stereocenters. The summed E-state index contributed by atoms with van der Waals surface area (Å²) in [5, 5.41) is 13.7. The fourth-order valence-electron chi connectivity index (χ4n) is 2.14. The molecular weight excluding hydrogens is 252 g/mol. The summed E-state index contributed by atoms with van der Waals surface area (Å²) in [7, 11) is 3.43. The maximum absolute atomic E-state index is 5.07. The van der Waals surface area contributed by atoms with E-state index >= 15 is 0 Å². The second-order valence-electron chi connectivity index (χ2n) is 4.28. The van der Waals surface area contributed by atoms with E-state index < -0.39 is 0 Å². The van der Waals surface area contributed by atoms with Crippen LogP contribution in [0, 0.1) is 0 Å². The number of pyridine rings is 1. The molecule has 2 heterocycles. The average Bonchev–Trinajstić information content (AvgIpc) is 2.54. The second kappa shape index (κ2) is 5.13. The molecule has 2 aromatic heterocycles. The van der Waals surface area contributed by atoms with Crippen LogP contribution in [0.4, 0.5) is 5.82 Å². The highest BCUT2D eigenvalue weighted by atomic mass is 16.5. The Balaban J connectivity index is 2.20. The van der Waals surface area contributed by atoms with Crippen LogP contribution in [0.2, 0.25) is 0 Å². The first-order valence-electron chi connectivity index (χ1n) is 6.27. The molecular formula is C15H14N4O. The third-order valence-corrected chi connectivity index (χ3v) is 3.14. The van der Waals surface area contributed by atoms with Crippen LogP contribution in [0.1, 0.15) is 0 Å². The molecule has 20 heavy (non-hydrogen) atoms. The molecule has 0 fully saturated rings. The van der Waals surface area contributed by atoms with Gasteiger partial charge in [-0.25, -0.2) is 4.98 Å². The average molecular weight is 266 g/mol. The van der Waals surface area contributed by atoms with Crippen molar-refractivity contribution in [1.29, 1.82) is 0 Å². The van der Waals surface area contributed by atoms with Crippen molar-refractivity contribution in [2.24, 2.45) is 0 Å². The predicted molar refractivity (Wildman–Crippen MR) is 78.9 cm³/mol. The number of benzene rings is 1. The van der Waals surface area contributed by atoms with Crippen LogP contribution in [-0.2, 0) is 0 Å². The fraction of sp³-hybridized carbons (Fsp3) is 0.133. The molecule has 0 aliphatic heterocycles. The molecule has 1 N–H and O–H groups in total. The number of methoxy groups -OCH3 is 1. The standard InChI is InChI=1S/C15H14N4O/c1-16-15-12-6-4-3-5-11(12)14(18-19-15)10-7-8-13(20-2)17-9-10/h3-9H,1-2H3,(H,16,19). The zero-order chi connectivity index (χ0) is 13.9. The molecule has 1 aromatic carbocycles. The number of nitrogens with zero attached hydrogens (tertiary/aromatic N) is 3. The highest BCUT2D eigenvalue weighted by Gasteiger charge is 2.10. The minimum absolute atomic E-state index is 0.581. The van der Waals surface area contributed by atoms with Gasteiger partial charge in [-0.3, -0.25) is 0 Å². The van der Waals surface area contributed by atoms with Gasteiger partial charge in [0.25, 0.3) is 0 Å². The fourth-order valence-corrected chi connectivity index (χ4v) is 2.14. The summed E-state index contributed by atoms with van der Waals surface area (Å²) in [5.41, 5.74) is 1.73. The van der Waals surface area contributed by atoms with Crippen LogP contribution in [0.15, 0.2) is 42.6 Å². The van der Waals surface area contributed by atoms with Crippen LogP contribution >= 0.6 is 0 Å². The van der Waals surface area contributed by atoms with Gasteiger partial charge in [-0.05, 0) is 6.07 Å². The molecule has 0 saturated carbocycles. The van der Waals surface area contributed by atoms with Gasteiger partial charge in [-0.2, -0.15) is 0 Å². The van der Waals surface area contributed by atoms with Crippen LogP contribution in [0.25, 0.3) is 22.0 Å². The van der Waals surface area contributed by atoms with Crippen molar-refractivity contribution >= 4 is 16.6 Å². The van der Waals surface area contributed by atoms with Gasteiger partial charge < -0.3 is 10.1 Å². The van der Waals surface area contributed by atoms with Crippen LogP contribution in [0.5, 0.6) is 5.88 Å². The molecule has 3 rings (SSSR count). The monoisotopic (exact) mass is 266 g/mol. The molecule has 0 radical (unpaired) electrons. The molecule has 0 aliphatic rings. The van der Waals surface area contributed by atoms with E-state index in [1.807, 2.05) is 43.4 Å². The van der Waals surface area contributed by atoms with Crippen molar-refractivity contribution in [3.8, 4) is 17.1 Å². The zero-order valence-corrected chi connectivity index (χ0v) is 11.3. The lowest BCUT2D eigenvalue weighted by Crippen LogP contribution is -1.98. The summed E-state index contributed by atoms with van der Waals surface area (Å²) in [4.78, 5) is 4.22. The highest BCUT2D eigenvalue weighted by molar-refractivity contribution is 5.99. The van der Waals surface area contributed by atoms with E-state index in [-0.39, 0.29) is 0 Å². The van der Waals surface area contributed by atoms with Gasteiger partial charge in [-0.1, -0.05) is 24.3 Å². The number of nitrogens with one attached hydrogen (secondary N) is 1. The third-order valence-electron chi connectivity index (χ3n) is 3.14. The van der Waals surface area contributed by atoms with Crippen LogP contribution in [-0.4, -0.2) is 29.3 Å². The second-order valence-corrected chi connectivity index (χ2v) is 4.28. The van der Waals surface area contributed by atoms with E-state index in [0.29, 0.717) is 5.88 Å². The van der Waals surface area contributed by atoms with Crippen molar-refractivity contribution in [1.82, 2.24) is 15.2 Å². The predicted octanol–water partition coefficient (Wildman–Crippen LogP) is 2.74. The van der Waals surface area contributed by atoms with E-state index in [2.05, 4.69) is 20.5 Å². The number of anilines is 1. The SMILES string of the molecule is CNc1nnc(-c2ccc(OC)nc2)c2ccccc12. The molecule has 0 aliphatic carbocycles. The summed E-state index contributed by atoms with van der Waals surface area (Å²) in [5.74, 6) is 1.35. The first-order chi connectivity index (χ1) is 9.83. The van der Waals surface area contributed by atoms with Crippen molar-refractivity contribution in [2.45, 2.75) is 0 Å². The molecule has 5 heteroatoms. The van der Waals surface area contributed by atoms with Crippen molar-refractivity contribution in [3.05, 3.63) is 42.6 Å². The molecule has 5 nitrogen and oxygen atoms in total. The zero-order valence-electron chi connectivity index (χ0n) is 11.3. The molecule has 0 unspecified atom stereocenters. The summed E-state index contributed by atoms with van der Waals surface area (Å²) >= 11 is 0. The van der Waals surface area contributed by atoms with E-state index in [1.165, 1.54) is 0 Å². The molecule has 0 amide bonds. The number of rotatable bonds is 3. The maximum Gasteiger partial charge on any atom is 0.212 e. The molecule has 100 valence electrons. The smallest absolute Gasteiger partial charge is 0.212 e. The van der Waals surface area contributed by atoms with Gasteiger partial charge in [0, 0.05) is 35.6 Å². The summed E-state index contributed by atoms with van der Waals surface area (Å²) in [6.45, 7) is 0. The van der Waals surface area contributed by atoms with Gasteiger partial charge in [0.15, 0.2) is 5.82 Å². The minimum Gasteiger partial charge on any atom is -0.481 e. The topological polar surface area (TPSA) is 59.9 Å². The van der Waals surface area contributed by atoms with E-state index in [0.717, 1.165) is 27.8 Å². The molecule has 3 aromatic rings. The first-order valence-corrected chi connectivity index (χ1v) is 6.27. The van der Waals surface area contributed by atoms with Crippen molar-refractivity contribution in [2.75, 3.05) is 19.5 Å². The van der Waals surface area contributed by atoms with Crippen LogP contribution < -0.4 is 10.1 Å². The number of fused-ring (bicyclic) bond motifs is 1. The lowest BCUT2D eigenvalue weighted by atomic mass is 10.1. The Kier molecular flexibility index (Phi) is 3.16.